The van der Waals surface area contributed by atoms with Gasteiger partial charge in [-0.2, -0.15) is 11.8 Å². The van der Waals surface area contributed by atoms with Crippen LogP contribution in [-0.2, 0) is 6.54 Å². The van der Waals surface area contributed by atoms with Crippen LogP contribution in [-0.4, -0.2) is 27.1 Å². The fourth-order valence-electron chi connectivity index (χ4n) is 2.01. The predicted molar refractivity (Wildman–Crippen MR) is 66.5 cm³/mol. The second-order valence-corrected chi connectivity index (χ2v) is 5.72. The molecule has 0 amide bonds. The number of carboxylic acid groups (broad SMARTS) is 1. The summed E-state index contributed by atoms with van der Waals surface area (Å²) >= 11 is 7.81. The monoisotopic (exact) mass is 259 g/mol. The fourth-order valence-corrected chi connectivity index (χ4v) is 3.44. The Morgan fingerprint density at radius 1 is 1.56 bits per heavy atom. The standard InChI is InChI=1S/C11H14ClNO2S/c12-9-5-10(11(14)15)13(7-9)6-8-1-3-16-4-2-8/h5,7-8H,1-4,6H2,(H,14,15). The number of aromatic carboxylic acids is 1. The molecule has 0 radical (unpaired) electrons. The van der Waals surface area contributed by atoms with E-state index in [4.69, 9.17) is 16.7 Å². The number of nitrogens with zero attached hydrogens (tertiary/aromatic N) is 1. The Bertz CT molecular complexity index is 385. The second kappa shape index (κ2) is 5.15. The first-order valence-electron chi connectivity index (χ1n) is 5.33. The van der Waals surface area contributed by atoms with Crippen molar-refractivity contribution >= 4 is 29.3 Å². The highest BCUT2D eigenvalue weighted by atomic mass is 35.5. The molecule has 3 nitrogen and oxygen atoms in total. The third-order valence-corrected chi connectivity index (χ3v) is 4.13. The van der Waals surface area contributed by atoms with Crippen molar-refractivity contribution in [3.05, 3.63) is 23.0 Å². The number of carboxylic acids is 1. The van der Waals surface area contributed by atoms with Gasteiger partial charge < -0.3 is 9.67 Å². The third-order valence-electron chi connectivity index (χ3n) is 2.88. The quantitative estimate of drug-likeness (QED) is 0.907. The molecule has 0 aromatic carbocycles. The molecule has 0 unspecified atom stereocenters. The number of carbonyl (C=O) groups is 1. The van der Waals surface area contributed by atoms with E-state index in [-0.39, 0.29) is 0 Å². The van der Waals surface area contributed by atoms with Crippen LogP contribution in [0.5, 0.6) is 0 Å². The fraction of sp³-hybridized carbons (Fsp3) is 0.545. The first-order valence-corrected chi connectivity index (χ1v) is 6.87. The van der Waals surface area contributed by atoms with Gasteiger partial charge in [0.15, 0.2) is 0 Å². The first-order chi connectivity index (χ1) is 7.66. The van der Waals surface area contributed by atoms with Crippen LogP contribution in [0.2, 0.25) is 5.02 Å². The van der Waals surface area contributed by atoms with Gasteiger partial charge >= 0.3 is 5.97 Å². The number of rotatable bonds is 3. The lowest BCUT2D eigenvalue weighted by Crippen LogP contribution is -2.18. The summed E-state index contributed by atoms with van der Waals surface area (Å²) in [5.41, 5.74) is 0.295. The van der Waals surface area contributed by atoms with Crippen molar-refractivity contribution in [3.63, 3.8) is 0 Å². The van der Waals surface area contributed by atoms with Gasteiger partial charge in [-0.3, -0.25) is 0 Å². The van der Waals surface area contributed by atoms with Crippen molar-refractivity contribution in [2.75, 3.05) is 11.5 Å². The molecule has 0 bridgehead atoms. The second-order valence-electron chi connectivity index (χ2n) is 4.06. The molecule has 0 atom stereocenters. The van der Waals surface area contributed by atoms with E-state index in [1.54, 1.807) is 10.8 Å². The Hall–Kier alpha value is -0.610. The molecule has 2 heterocycles. The number of hydrogen-bond acceptors (Lipinski definition) is 2. The van der Waals surface area contributed by atoms with Crippen LogP contribution in [0.25, 0.3) is 0 Å². The van der Waals surface area contributed by atoms with Crippen LogP contribution < -0.4 is 0 Å². The highest BCUT2D eigenvalue weighted by Gasteiger charge is 2.18. The highest BCUT2D eigenvalue weighted by Crippen LogP contribution is 2.25. The van der Waals surface area contributed by atoms with Crippen LogP contribution in [0, 0.1) is 5.92 Å². The topological polar surface area (TPSA) is 42.2 Å². The summed E-state index contributed by atoms with van der Waals surface area (Å²) in [6, 6.07) is 1.52. The summed E-state index contributed by atoms with van der Waals surface area (Å²) in [5.74, 6) is 2.05. The normalized spacial score (nSPS) is 17.6. The number of aromatic nitrogens is 1. The van der Waals surface area contributed by atoms with E-state index >= 15 is 0 Å². The van der Waals surface area contributed by atoms with Crippen LogP contribution >= 0.6 is 23.4 Å². The van der Waals surface area contributed by atoms with Crippen molar-refractivity contribution in [2.24, 2.45) is 5.92 Å². The molecule has 2 rings (SSSR count). The predicted octanol–water partition coefficient (Wildman–Crippen LogP) is 2.98. The lowest BCUT2D eigenvalue weighted by atomic mass is 10.0. The maximum atomic E-state index is 11.0. The van der Waals surface area contributed by atoms with E-state index in [0.717, 1.165) is 6.54 Å². The molecular weight excluding hydrogens is 246 g/mol. The molecule has 0 aliphatic carbocycles. The van der Waals surface area contributed by atoms with Gasteiger partial charge in [-0.1, -0.05) is 11.6 Å². The molecule has 1 saturated heterocycles. The molecular formula is C11H14ClNO2S. The minimum absolute atomic E-state index is 0.295. The zero-order chi connectivity index (χ0) is 11.5. The summed E-state index contributed by atoms with van der Waals surface area (Å²) in [4.78, 5) is 11.0. The Labute approximate surface area is 104 Å². The van der Waals surface area contributed by atoms with Crippen LogP contribution in [0.15, 0.2) is 12.3 Å². The molecule has 16 heavy (non-hydrogen) atoms. The molecule has 0 saturated carbocycles. The summed E-state index contributed by atoms with van der Waals surface area (Å²) in [7, 11) is 0. The van der Waals surface area contributed by atoms with Crippen molar-refractivity contribution in [1.29, 1.82) is 0 Å². The summed E-state index contributed by atoms with van der Waals surface area (Å²) in [6.45, 7) is 0.773. The lowest BCUT2D eigenvalue weighted by Gasteiger charge is -2.22. The van der Waals surface area contributed by atoms with E-state index in [1.165, 1.54) is 30.4 Å². The van der Waals surface area contributed by atoms with E-state index in [0.29, 0.717) is 16.6 Å². The van der Waals surface area contributed by atoms with Gasteiger partial charge in [0.2, 0.25) is 0 Å². The van der Waals surface area contributed by atoms with Crippen molar-refractivity contribution in [3.8, 4) is 0 Å². The Balaban J connectivity index is 2.10. The largest absolute Gasteiger partial charge is 0.477 e. The van der Waals surface area contributed by atoms with Gasteiger partial charge in [-0.25, -0.2) is 4.79 Å². The smallest absolute Gasteiger partial charge is 0.352 e. The molecule has 88 valence electrons. The summed E-state index contributed by atoms with van der Waals surface area (Å²) in [6.07, 6.45) is 4.05. The van der Waals surface area contributed by atoms with Gasteiger partial charge in [0.1, 0.15) is 5.69 Å². The average molecular weight is 260 g/mol. The zero-order valence-electron chi connectivity index (χ0n) is 8.86. The molecule has 1 fully saturated rings. The van der Waals surface area contributed by atoms with Gasteiger partial charge in [0.25, 0.3) is 0 Å². The Morgan fingerprint density at radius 3 is 2.88 bits per heavy atom. The molecule has 1 aromatic heterocycles. The average Bonchev–Trinajstić information content (AvgIpc) is 2.61. The maximum absolute atomic E-state index is 11.0. The van der Waals surface area contributed by atoms with E-state index in [2.05, 4.69) is 0 Å². The number of thioether (sulfide) groups is 1. The minimum Gasteiger partial charge on any atom is -0.477 e. The Morgan fingerprint density at radius 2 is 2.25 bits per heavy atom. The van der Waals surface area contributed by atoms with Gasteiger partial charge in [0, 0.05) is 12.7 Å². The van der Waals surface area contributed by atoms with Crippen LogP contribution in [0.4, 0.5) is 0 Å². The van der Waals surface area contributed by atoms with Crippen molar-refractivity contribution in [1.82, 2.24) is 4.57 Å². The molecule has 1 aromatic rings. The molecule has 1 N–H and O–H groups in total. The summed E-state index contributed by atoms with van der Waals surface area (Å²) in [5, 5.41) is 9.53. The summed E-state index contributed by atoms with van der Waals surface area (Å²) < 4.78 is 1.77. The molecule has 5 heteroatoms. The van der Waals surface area contributed by atoms with Gasteiger partial charge in [-0.15, -0.1) is 0 Å². The molecule has 1 aliphatic rings. The third kappa shape index (κ3) is 2.74. The van der Waals surface area contributed by atoms with Crippen molar-refractivity contribution < 1.29 is 9.90 Å². The van der Waals surface area contributed by atoms with E-state index < -0.39 is 5.97 Å². The maximum Gasteiger partial charge on any atom is 0.352 e. The highest BCUT2D eigenvalue weighted by molar-refractivity contribution is 7.99. The van der Waals surface area contributed by atoms with Crippen LogP contribution in [0.3, 0.4) is 0 Å². The lowest BCUT2D eigenvalue weighted by molar-refractivity contribution is 0.0683. The minimum atomic E-state index is -0.905. The molecule has 1 aliphatic heterocycles. The zero-order valence-corrected chi connectivity index (χ0v) is 10.4. The van der Waals surface area contributed by atoms with E-state index in [9.17, 15) is 4.79 Å². The number of hydrogen-bond donors (Lipinski definition) is 1. The van der Waals surface area contributed by atoms with Gasteiger partial charge in [0.05, 0.1) is 5.02 Å². The van der Waals surface area contributed by atoms with Crippen molar-refractivity contribution in [2.45, 2.75) is 19.4 Å². The number of halogens is 1. The first kappa shape index (κ1) is 11.9. The van der Waals surface area contributed by atoms with E-state index in [1.807, 2.05) is 11.8 Å². The Kier molecular flexibility index (Phi) is 3.82. The molecule has 0 spiro atoms. The SMILES string of the molecule is O=C(O)c1cc(Cl)cn1CC1CCSCC1. The van der Waals surface area contributed by atoms with Gasteiger partial charge in [-0.05, 0) is 36.3 Å². The van der Waals surface area contributed by atoms with Crippen LogP contribution in [0.1, 0.15) is 23.3 Å².